The van der Waals surface area contributed by atoms with Crippen LogP contribution in [0.3, 0.4) is 0 Å². The fourth-order valence-electron chi connectivity index (χ4n) is 3.47. The van der Waals surface area contributed by atoms with E-state index in [9.17, 15) is 0 Å². The van der Waals surface area contributed by atoms with Crippen molar-refractivity contribution in [2.24, 2.45) is 0 Å². The van der Waals surface area contributed by atoms with Crippen LogP contribution in [0.4, 0.5) is 0 Å². The molecular formula is C20H33NO2. The van der Waals surface area contributed by atoms with Crippen LogP contribution in [0.25, 0.3) is 0 Å². The number of benzene rings is 1. The number of ether oxygens (including phenoxy) is 2. The summed E-state index contributed by atoms with van der Waals surface area (Å²) in [7, 11) is 3.42. The third-order valence-corrected chi connectivity index (χ3v) is 4.90. The molecule has 0 amide bonds. The van der Waals surface area contributed by atoms with E-state index in [2.05, 4.69) is 24.4 Å². The fourth-order valence-corrected chi connectivity index (χ4v) is 3.47. The van der Waals surface area contributed by atoms with Gasteiger partial charge >= 0.3 is 0 Å². The van der Waals surface area contributed by atoms with Crippen LogP contribution in [0.5, 0.6) is 11.5 Å². The molecule has 3 nitrogen and oxygen atoms in total. The van der Waals surface area contributed by atoms with Gasteiger partial charge in [0.2, 0.25) is 0 Å². The third-order valence-electron chi connectivity index (χ3n) is 4.90. The topological polar surface area (TPSA) is 30.5 Å². The summed E-state index contributed by atoms with van der Waals surface area (Å²) in [5.41, 5.74) is 2.83. The normalized spacial score (nSPS) is 16.9. The number of hydrogen-bond acceptors (Lipinski definition) is 3. The molecule has 1 aromatic rings. The highest BCUT2D eigenvalue weighted by Crippen LogP contribution is 2.34. The van der Waals surface area contributed by atoms with E-state index in [1.165, 1.54) is 56.1 Å². The van der Waals surface area contributed by atoms with Crippen molar-refractivity contribution in [2.75, 3.05) is 20.8 Å². The van der Waals surface area contributed by atoms with E-state index in [4.69, 9.17) is 9.47 Å². The lowest BCUT2D eigenvalue weighted by Gasteiger charge is -2.26. The molecule has 0 saturated carbocycles. The number of nitrogens with one attached hydrogen (secondary N) is 1. The second-order valence-electron chi connectivity index (χ2n) is 6.64. The van der Waals surface area contributed by atoms with Crippen molar-refractivity contribution >= 4 is 0 Å². The van der Waals surface area contributed by atoms with Crippen molar-refractivity contribution in [1.29, 1.82) is 0 Å². The van der Waals surface area contributed by atoms with Crippen LogP contribution < -0.4 is 14.8 Å². The first-order chi connectivity index (χ1) is 11.3. The Bertz CT molecular complexity index is 473. The lowest BCUT2D eigenvalue weighted by atomic mass is 9.87. The van der Waals surface area contributed by atoms with Gasteiger partial charge < -0.3 is 14.8 Å². The van der Waals surface area contributed by atoms with Crippen molar-refractivity contribution in [3.63, 3.8) is 0 Å². The molecule has 0 aromatic heterocycles. The van der Waals surface area contributed by atoms with Crippen LogP contribution in [0.2, 0.25) is 0 Å². The molecular weight excluding hydrogens is 286 g/mol. The number of aryl methyl sites for hydroxylation is 1. The Labute approximate surface area is 141 Å². The van der Waals surface area contributed by atoms with Gasteiger partial charge in [0.1, 0.15) is 0 Å². The monoisotopic (exact) mass is 319 g/mol. The number of fused-ring (bicyclic) bond motifs is 1. The van der Waals surface area contributed by atoms with Crippen molar-refractivity contribution in [1.82, 2.24) is 5.32 Å². The highest BCUT2D eigenvalue weighted by molar-refractivity contribution is 5.48. The Morgan fingerprint density at radius 3 is 2.30 bits per heavy atom. The number of rotatable bonds is 10. The van der Waals surface area contributed by atoms with Crippen molar-refractivity contribution in [3.05, 3.63) is 23.3 Å². The molecule has 0 radical (unpaired) electrons. The Hall–Kier alpha value is -1.22. The van der Waals surface area contributed by atoms with Gasteiger partial charge in [0.15, 0.2) is 11.5 Å². The first kappa shape index (κ1) is 18.1. The lowest BCUT2D eigenvalue weighted by Crippen LogP contribution is -2.35. The molecule has 130 valence electrons. The molecule has 0 heterocycles. The van der Waals surface area contributed by atoms with Crippen LogP contribution in [0.15, 0.2) is 12.1 Å². The van der Waals surface area contributed by atoms with Gasteiger partial charge in [0.25, 0.3) is 0 Å². The SMILES string of the molecule is CCCCCCCCN[C@@H]1CCc2cc(OC)c(OC)cc2C1. The minimum atomic E-state index is 0.608. The van der Waals surface area contributed by atoms with E-state index < -0.39 is 0 Å². The summed E-state index contributed by atoms with van der Waals surface area (Å²) in [5, 5.41) is 3.75. The zero-order valence-electron chi connectivity index (χ0n) is 15.1. The quantitative estimate of drug-likeness (QED) is 0.644. The molecule has 0 spiro atoms. The summed E-state index contributed by atoms with van der Waals surface area (Å²) in [5.74, 6) is 1.70. The Morgan fingerprint density at radius 2 is 1.61 bits per heavy atom. The maximum absolute atomic E-state index is 5.44. The smallest absolute Gasteiger partial charge is 0.161 e. The van der Waals surface area contributed by atoms with Crippen LogP contribution in [-0.2, 0) is 12.8 Å². The molecule has 1 aromatic carbocycles. The minimum Gasteiger partial charge on any atom is -0.493 e. The van der Waals surface area contributed by atoms with Crippen LogP contribution >= 0.6 is 0 Å². The van der Waals surface area contributed by atoms with Crippen LogP contribution in [0.1, 0.15) is 63.0 Å². The van der Waals surface area contributed by atoms with E-state index in [1.54, 1.807) is 14.2 Å². The maximum atomic E-state index is 5.44. The molecule has 0 aliphatic heterocycles. The van der Waals surface area contributed by atoms with Crippen molar-refractivity contribution in [2.45, 2.75) is 70.8 Å². The van der Waals surface area contributed by atoms with E-state index in [0.717, 1.165) is 30.9 Å². The Balaban J connectivity index is 1.77. The largest absolute Gasteiger partial charge is 0.493 e. The molecule has 1 atom stereocenters. The molecule has 0 saturated heterocycles. The highest BCUT2D eigenvalue weighted by atomic mass is 16.5. The van der Waals surface area contributed by atoms with Crippen molar-refractivity contribution in [3.8, 4) is 11.5 Å². The average Bonchev–Trinajstić information content (AvgIpc) is 2.59. The zero-order valence-corrected chi connectivity index (χ0v) is 15.1. The molecule has 0 bridgehead atoms. The van der Waals surface area contributed by atoms with E-state index in [0.29, 0.717) is 6.04 Å². The second-order valence-corrected chi connectivity index (χ2v) is 6.64. The first-order valence-electron chi connectivity index (χ1n) is 9.25. The zero-order chi connectivity index (χ0) is 16.5. The predicted molar refractivity (Wildman–Crippen MR) is 96.7 cm³/mol. The van der Waals surface area contributed by atoms with E-state index in [1.807, 2.05) is 0 Å². The number of hydrogen-bond donors (Lipinski definition) is 1. The fraction of sp³-hybridized carbons (Fsp3) is 0.700. The molecule has 1 aliphatic carbocycles. The molecule has 2 rings (SSSR count). The molecule has 1 aliphatic rings. The van der Waals surface area contributed by atoms with Gasteiger partial charge in [-0.15, -0.1) is 0 Å². The number of unbranched alkanes of at least 4 members (excludes halogenated alkanes) is 5. The van der Waals surface area contributed by atoms with Crippen LogP contribution in [-0.4, -0.2) is 26.8 Å². The third kappa shape index (κ3) is 5.42. The van der Waals surface area contributed by atoms with Gasteiger partial charge in [-0.05, 0) is 55.5 Å². The predicted octanol–water partition coefficient (Wildman–Crippen LogP) is 4.51. The van der Waals surface area contributed by atoms with E-state index >= 15 is 0 Å². The minimum absolute atomic E-state index is 0.608. The van der Waals surface area contributed by atoms with Crippen LogP contribution in [0, 0.1) is 0 Å². The Kier molecular flexibility index (Phi) is 7.73. The molecule has 0 unspecified atom stereocenters. The van der Waals surface area contributed by atoms with E-state index in [-0.39, 0.29) is 0 Å². The first-order valence-corrected chi connectivity index (χ1v) is 9.25. The summed E-state index contributed by atoms with van der Waals surface area (Å²) in [6, 6.07) is 4.92. The van der Waals surface area contributed by atoms with Gasteiger partial charge in [0, 0.05) is 6.04 Å². The summed E-state index contributed by atoms with van der Waals surface area (Å²) < 4.78 is 10.8. The molecule has 1 N–H and O–H groups in total. The standard InChI is InChI=1S/C20H33NO2/c1-4-5-6-7-8-9-12-21-18-11-10-16-14-19(22-2)20(23-3)15-17(16)13-18/h14-15,18,21H,4-13H2,1-3H3/t18-/m1/s1. The molecule has 3 heteroatoms. The van der Waals surface area contributed by atoms with Gasteiger partial charge in [-0.25, -0.2) is 0 Å². The summed E-state index contributed by atoms with van der Waals surface area (Å²) in [4.78, 5) is 0. The van der Waals surface area contributed by atoms with Crippen molar-refractivity contribution < 1.29 is 9.47 Å². The van der Waals surface area contributed by atoms with Gasteiger partial charge in [-0.1, -0.05) is 39.0 Å². The molecule has 23 heavy (non-hydrogen) atoms. The van der Waals surface area contributed by atoms with Gasteiger partial charge in [0.05, 0.1) is 14.2 Å². The lowest BCUT2D eigenvalue weighted by molar-refractivity contribution is 0.352. The maximum Gasteiger partial charge on any atom is 0.161 e. The summed E-state index contributed by atoms with van der Waals surface area (Å²) in [6.45, 7) is 3.42. The average molecular weight is 319 g/mol. The number of methoxy groups -OCH3 is 2. The second kappa shape index (κ2) is 9.82. The summed E-state index contributed by atoms with van der Waals surface area (Å²) in [6.07, 6.45) is 11.6. The van der Waals surface area contributed by atoms with Gasteiger partial charge in [-0.2, -0.15) is 0 Å². The molecule has 0 fully saturated rings. The van der Waals surface area contributed by atoms with Gasteiger partial charge in [-0.3, -0.25) is 0 Å². The Morgan fingerprint density at radius 1 is 0.957 bits per heavy atom. The highest BCUT2D eigenvalue weighted by Gasteiger charge is 2.20. The summed E-state index contributed by atoms with van der Waals surface area (Å²) >= 11 is 0.